The number of carbonyl (C=O) groups is 1. The molecule has 0 bridgehead atoms. The second-order valence-corrected chi connectivity index (χ2v) is 6.29. The fourth-order valence-electron chi connectivity index (χ4n) is 2.66. The standard InChI is InChI=1S/C17H13BrF4N2O4/c1-3-26-16(25)11-7(2)27-15(24)8(6-23)12(11)13-9(18)4-5-10(14(13)19)28-17(20,21)22/h4-5,12H,3,24H2,1-2H3. The lowest BCUT2D eigenvalue weighted by atomic mass is 9.82. The van der Waals surface area contributed by atoms with Crippen LogP contribution in [0.2, 0.25) is 0 Å². The molecule has 28 heavy (non-hydrogen) atoms. The Morgan fingerprint density at radius 2 is 2.07 bits per heavy atom. The van der Waals surface area contributed by atoms with Gasteiger partial charge in [0.15, 0.2) is 11.6 Å². The molecule has 1 heterocycles. The van der Waals surface area contributed by atoms with Crippen LogP contribution in [0.1, 0.15) is 25.3 Å². The van der Waals surface area contributed by atoms with Crippen molar-refractivity contribution in [1.29, 1.82) is 5.26 Å². The molecule has 1 aromatic rings. The van der Waals surface area contributed by atoms with Crippen LogP contribution in [0.5, 0.6) is 5.75 Å². The number of rotatable bonds is 4. The molecular weight excluding hydrogens is 452 g/mol. The summed E-state index contributed by atoms with van der Waals surface area (Å²) < 4.78 is 66.5. The highest BCUT2D eigenvalue weighted by Gasteiger charge is 2.40. The molecule has 0 saturated heterocycles. The number of alkyl halides is 3. The Hall–Kier alpha value is -2.74. The monoisotopic (exact) mass is 464 g/mol. The third kappa shape index (κ3) is 4.22. The van der Waals surface area contributed by atoms with E-state index in [4.69, 9.17) is 15.2 Å². The molecule has 1 atom stereocenters. The Balaban J connectivity index is 2.76. The van der Waals surface area contributed by atoms with Crippen molar-refractivity contribution in [2.24, 2.45) is 5.73 Å². The molecule has 2 N–H and O–H groups in total. The van der Waals surface area contributed by atoms with E-state index in [-0.39, 0.29) is 28.0 Å². The topological polar surface area (TPSA) is 94.6 Å². The number of nitriles is 1. The average Bonchev–Trinajstić information content (AvgIpc) is 2.56. The van der Waals surface area contributed by atoms with Gasteiger partial charge in [-0.2, -0.15) is 5.26 Å². The molecule has 1 unspecified atom stereocenters. The van der Waals surface area contributed by atoms with Crippen LogP contribution in [0.4, 0.5) is 17.6 Å². The second kappa shape index (κ2) is 8.10. The normalized spacial score (nSPS) is 17.1. The van der Waals surface area contributed by atoms with E-state index in [1.165, 1.54) is 13.8 Å². The van der Waals surface area contributed by atoms with Gasteiger partial charge in [0.25, 0.3) is 0 Å². The average molecular weight is 465 g/mol. The fourth-order valence-corrected chi connectivity index (χ4v) is 3.20. The molecule has 0 radical (unpaired) electrons. The van der Waals surface area contributed by atoms with E-state index in [1.807, 2.05) is 0 Å². The molecule has 6 nitrogen and oxygen atoms in total. The van der Waals surface area contributed by atoms with Crippen LogP contribution in [0, 0.1) is 17.1 Å². The van der Waals surface area contributed by atoms with Crippen LogP contribution in [-0.4, -0.2) is 18.9 Å². The summed E-state index contributed by atoms with van der Waals surface area (Å²) in [5.41, 5.74) is 4.60. The summed E-state index contributed by atoms with van der Waals surface area (Å²) in [7, 11) is 0. The summed E-state index contributed by atoms with van der Waals surface area (Å²) in [6, 6.07) is 3.56. The van der Waals surface area contributed by atoms with Crippen molar-refractivity contribution in [2.75, 3.05) is 6.61 Å². The maximum atomic E-state index is 15.0. The van der Waals surface area contributed by atoms with E-state index in [2.05, 4.69) is 20.7 Å². The molecular formula is C17H13BrF4N2O4. The number of nitrogens with zero attached hydrogens (tertiary/aromatic N) is 1. The van der Waals surface area contributed by atoms with Crippen molar-refractivity contribution < 1.29 is 36.6 Å². The van der Waals surface area contributed by atoms with E-state index in [9.17, 15) is 27.6 Å². The fraction of sp³-hybridized carbons (Fsp3) is 0.294. The number of carbonyl (C=O) groups excluding carboxylic acids is 1. The summed E-state index contributed by atoms with van der Waals surface area (Å²) >= 11 is 3.04. The molecule has 150 valence electrons. The van der Waals surface area contributed by atoms with Crippen LogP contribution in [0.3, 0.4) is 0 Å². The molecule has 0 amide bonds. The first-order chi connectivity index (χ1) is 13.0. The number of allylic oxidation sites excluding steroid dienone is 2. The summed E-state index contributed by atoms with van der Waals surface area (Å²) in [6.45, 7) is 2.82. The van der Waals surface area contributed by atoms with Gasteiger partial charge >= 0.3 is 12.3 Å². The number of hydrogen-bond donors (Lipinski definition) is 1. The molecule has 1 aliphatic heterocycles. The first-order valence-electron chi connectivity index (χ1n) is 7.70. The minimum absolute atomic E-state index is 0.0124. The van der Waals surface area contributed by atoms with Crippen LogP contribution in [0.15, 0.2) is 39.4 Å². The Morgan fingerprint density at radius 1 is 1.43 bits per heavy atom. The Kier molecular flexibility index (Phi) is 6.23. The summed E-state index contributed by atoms with van der Waals surface area (Å²) in [5.74, 6) is -5.44. The van der Waals surface area contributed by atoms with Gasteiger partial charge in [0.05, 0.1) is 18.1 Å². The number of halogens is 5. The van der Waals surface area contributed by atoms with Crippen molar-refractivity contribution in [2.45, 2.75) is 26.1 Å². The molecule has 0 saturated carbocycles. The Bertz CT molecular complexity index is 919. The molecule has 0 spiro atoms. The molecule has 1 aromatic carbocycles. The zero-order valence-electron chi connectivity index (χ0n) is 14.5. The number of esters is 1. The van der Waals surface area contributed by atoms with E-state index >= 15 is 0 Å². The molecule has 1 aliphatic rings. The lowest BCUT2D eigenvalue weighted by Gasteiger charge is -2.28. The van der Waals surface area contributed by atoms with Gasteiger partial charge in [0, 0.05) is 10.0 Å². The SMILES string of the molecule is CCOC(=O)C1=C(C)OC(N)=C(C#N)C1c1c(Br)ccc(OC(F)(F)F)c1F. The van der Waals surface area contributed by atoms with E-state index in [0.29, 0.717) is 0 Å². The highest BCUT2D eigenvalue weighted by atomic mass is 79.9. The zero-order valence-corrected chi connectivity index (χ0v) is 16.1. The third-order valence-electron chi connectivity index (χ3n) is 3.71. The van der Waals surface area contributed by atoms with E-state index in [0.717, 1.165) is 12.1 Å². The molecule has 0 aliphatic carbocycles. The van der Waals surface area contributed by atoms with Gasteiger partial charge in [-0.05, 0) is 26.0 Å². The first-order valence-corrected chi connectivity index (χ1v) is 8.50. The quantitative estimate of drug-likeness (QED) is 0.531. The van der Waals surface area contributed by atoms with Gasteiger partial charge in [-0.1, -0.05) is 15.9 Å². The molecule has 0 fully saturated rings. The van der Waals surface area contributed by atoms with Gasteiger partial charge < -0.3 is 19.9 Å². The lowest BCUT2D eigenvalue weighted by Crippen LogP contribution is -2.27. The predicted molar refractivity (Wildman–Crippen MR) is 90.8 cm³/mol. The summed E-state index contributed by atoms with van der Waals surface area (Å²) in [4.78, 5) is 12.4. The van der Waals surface area contributed by atoms with Gasteiger partial charge in [-0.15, -0.1) is 13.2 Å². The Morgan fingerprint density at radius 3 is 2.61 bits per heavy atom. The number of nitrogens with two attached hydrogens (primary N) is 1. The van der Waals surface area contributed by atoms with Crippen LogP contribution in [0.25, 0.3) is 0 Å². The van der Waals surface area contributed by atoms with Gasteiger partial charge in [-0.25, -0.2) is 9.18 Å². The highest BCUT2D eigenvalue weighted by Crippen LogP contribution is 2.45. The van der Waals surface area contributed by atoms with Crippen molar-refractivity contribution in [3.8, 4) is 11.8 Å². The maximum Gasteiger partial charge on any atom is 0.573 e. The predicted octanol–water partition coefficient (Wildman–Crippen LogP) is 4.13. The Labute approximate surface area is 165 Å². The third-order valence-corrected chi connectivity index (χ3v) is 4.40. The van der Waals surface area contributed by atoms with Crippen molar-refractivity contribution in [1.82, 2.24) is 0 Å². The van der Waals surface area contributed by atoms with Crippen molar-refractivity contribution in [3.63, 3.8) is 0 Å². The van der Waals surface area contributed by atoms with Gasteiger partial charge in [0.1, 0.15) is 17.4 Å². The van der Waals surface area contributed by atoms with Crippen LogP contribution >= 0.6 is 15.9 Å². The molecule has 0 aromatic heterocycles. The second-order valence-electron chi connectivity index (χ2n) is 5.44. The number of benzene rings is 1. The smallest absolute Gasteiger partial charge is 0.463 e. The zero-order chi connectivity index (χ0) is 21.2. The number of ether oxygens (including phenoxy) is 3. The molecule has 2 rings (SSSR count). The van der Waals surface area contributed by atoms with Gasteiger partial charge in [0.2, 0.25) is 5.88 Å². The molecule has 11 heteroatoms. The van der Waals surface area contributed by atoms with Crippen LogP contribution < -0.4 is 10.5 Å². The largest absolute Gasteiger partial charge is 0.573 e. The van der Waals surface area contributed by atoms with E-state index in [1.54, 1.807) is 6.07 Å². The van der Waals surface area contributed by atoms with Crippen LogP contribution in [-0.2, 0) is 14.3 Å². The maximum absolute atomic E-state index is 15.0. The lowest BCUT2D eigenvalue weighted by molar-refractivity contribution is -0.275. The summed E-state index contributed by atoms with van der Waals surface area (Å²) in [5, 5.41) is 9.45. The first kappa shape index (κ1) is 21.6. The van der Waals surface area contributed by atoms with Crippen molar-refractivity contribution >= 4 is 21.9 Å². The minimum atomic E-state index is -5.15. The van der Waals surface area contributed by atoms with Crippen molar-refractivity contribution in [3.05, 3.63) is 50.8 Å². The minimum Gasteiger partial charge on any atom is -0.463 e. The van der Waals surface area contributed by atoms with E-state index < -0.39 is 41.3 Å². The summed E-state index contributed by atoms with van der Waals surface area (Å²) in [6.07, 6.45) is -5.15. The highest BCUT2D eigenvalue weighted by molar-refractivity contribution is 9.10. The number of hydrogen-bond acceptors (Lipinski definition) is 6. The van der Waals surface area contributed by atoms with Gasteiger partial charge in [-0.3, -0.25) is 0 Å².